The van der Waals surface area contributed by atoms with E-state index in [0.717, 1.165) is 134 Å². The highest BCUT2D eigenvalue weighted by Crippen LogP contribution is 2.46. The van der Waals surface area contributed by atoms with Crippen LogP contribution in [0.3, 0.4) is 0 Å². The van der Waals surface area contributed by atoms with Gasteiger partial charge < -0.3 is 19.7 Å². The van der Waals surface area contributed by atoms with Crippen LogP contribution in [-0.2, 0) is 32.8 Å². The number of nitrogens with zero attached hydrogens (tertiary/aromatic N) is 5. The lowest BCUT2D eigenvalue weighted by atomic mass is 9.70. The zero-order chi connectivity index (χ0) is 44.0. The summed E-state index contributed by atoms with van der Waals surface area (Å²) in [4.78, 5) is 81.3. The van der Waals surface area contributed by atoms with Crippen molar-refractivity contribution in [2.45, 2.75) is 114 Å². The number of unbranched alkanes of at least 4 members (excludes halogenated alkanes) is 3. The molecule has 3 fully saturated rings. The molecule has 1 aromatic heterocycles. The fourth-order valence-electron chi connectivity index (χ4n) is 10.7. The van der Waals surface area contributed by atoms with Crippen molar-refractivity contribution in [2.24, 2.45) is 0 Å². The van der Waals surface area contributed by atoms with E-state index in [-0.39, 0.29) is 35.8 Å². The van der Waals surface area contributed by atoms with Gasteiger partial charge in [-0.15, -0.1) is 11.8 Å². The summed E-state index contributed by atoms with van der Waals surface area (Å²) in [6, 6.07) is 15.8. The minimum absolute atomic E-state index is 0.0579. The molecule has 3 saturated heterocycles. The van der Waals surface area contributed by atoms with Crippen LogP contribution in [0.15, 0.2) is 53.4 Å². The third-order valence-electron chi connectivity index (χ3n) is 14.3. The number of nitrogens with one attached hydrogen (secondary N) is 2. The Labute approximate surface area is 373 Å². The van der Waals surface area contributed by atoms with E-state index in [1.807, 2.05) is 24.3 Å². The highest BCUT2D eigenvalue weighted by molar-refractivity contribution is 7.99. The van der Waals surface area contributed by atoms with Gasteiger partial charge in [0.2, 0.25) is 17.7 Å². The number of amides is 4. The van der Waals surface area contributed by atoms with Gasteiger partial charge >= 0.3 is 0 Å². The number of carbonyl (C=O) groups is 5. The molecule has 12 nitrogen and oxygen atoms in total. The van der Waals surface area contributed by atoms with Crippen molar-refractivity contribution in [1.29, 1.82) is 0 Å². The molecule has 63 heavy (non-hydrogen) atoms. The SMILES string of the molecule is [C-]#[N+]c1ccc2c3c([nH]c2c1)C(C)(C)c1cc(N2CCC(N4CCN(C(=O)CCCCCCSc5ccc6c(c5)CN(C5CCC(=O)NC5=O)C6=O)CC4)CC2)c(CC)cc1C3=O. The van der Waals surface area contributed by atoms with Crippen molar-refractivity contribution in [3.63, 3.8) is 0 Å². The lowest BCUT2D eigenvalue weighted by molar-refractivity contribution is -0.137. The van der Waals surface area contributed by atoms with E-state index in [0.29, 0.717) is 36.7 Å². The molecule has 5 aliphatic rings. The number of anilines is 1. The number of thioether (sulfide) groups is 1. The molecule has 2 N–H and O–H groups in total. The summed E-state index contributed by atoms with van der Waals surface area (Å²) in [7, 11) is 0. The van der Waals surface area contributed by atoms with E-state index >= 15 is 0 Å². The summed E-state index contributed by atoms with van der Waals surface area (Å²) < 4.78 is 0. The monoisotopic (exact) mass is 867 g/mol. The maximum atomic E-state index is 14.1. The van der Waals surface area contributed by atoms with Gasteiger partial charge in [0.15, 0.2) is 11.5 Å². The fraction of sp³-hybridized carbons (Fsp3) is 0.480. The molecular weight excluding hydrogens is 811 g/mol. The lowest BCUT2D eigenvalue weighted by Gasteiger charge is -2.44. The number of rotatable bonds is 12. The van der Waals surface area contributed by atoms with Gasteiger partial charge in [-0.3, -0.25) is 34.2 Å². The summed E-state index contributed by atoms with van der Waals surface area (Å²) >= 11 is 1.77. The average molecular weight is 868 g/mol. The molecule has 1 atom stereocenters. The number of hydrogen-bond acceptors (Lipinski definition) is 8. The Morgan fingerprint density at radius 2 is 1.67 bits per heavy atom. The highest BCUT2D eigenvalue weighted by Gasteiger charge is 2.42. The van der Waals surface area contributed by atoms with Crippen molar-refractivity contribution < 1.29 is 24.0 Å². The molecule has 328 valence electrons. The van der Waals surface area contributed by atoms with Crippen LogP contribution in [0, 0.1) is 6.57 Å². The summed E-state index contributed by atoms with van der Waals surface area (Å²) in [6.07, 6.45) is 8.24. The highest BCUT2D eigenvalue weighted by atomic mass is 32.2. The second-order valence-corrected chi connectivity index (χ2v) is 19.6. The van der Waals surface area contributed by atoms with E-state index in [4.69, 9.17) is 6.57 Å². The molecule has 1 unspecified atom stereocenters. The smallest absolute Gasteiger partial charge is 0.255 e. The second kappa shape index (κ2) is 17.6. The largest absolute Gasteiger partial charge is 0.371 e. The van der Waals surface area contributed by atoms with Gasteiger partial charge in [0, 0.05) is 108 Å². The van der Waals surface area contributed by atoms with E-state index in [1.165, 1.54) is 11.3 Å². The normalized spacial score (nSPS) is 20.2. The molecule has 0 spiro atoms. The van der Waals surface area contributed by atoms with Crippen LogP contribution in [-0.4, -0.2) is 106 Å². The summed E-state index contributed by atoms with van der Waals surface area (Å²) in [5.74, 6) is 0.473. The topological polar surface area (TPSA) is 130 Å². The molecule has 4 amide bonds. The van der Waals surface area contributed by atoms with Crippen molar-refractivity contribution in [2.75, 3.05) is 49.9 Å². The molecular formula is C50H57N7O5S. The molecule has 0 radical (unpaired) electrons. The quantitative estimate of drug-likeness (QED) is 0.0640. The van der Waals surface area contributed by atoms with Crippen molar-refractivity contribution >= 4 is 63.5 Å². The molecule has 13 heteroatoms. The first-order valence-corrected chi connectivity index (χ1v) is 23.9. The number of aromatic nitrogens is 1. The summed E-state index contributed by atoms with van der Waals surface area (Å²) in [5, 5.41) is 3.24. The maximum absolute atomic E-state index is 14.1. The maximum Gasteiger partial charge on any atom is 0.255 e. The van der Waals surface area contributed by atoms with Crippen LogP contribution in [0.2, 0.25) is 0 Å². The first-order valence-electron chi connectivity index (χ1n) is 22.9. The Morgan fingerprint density at radius 3 is 2.41 bits per heavy atom. The Hall–Kier alpha value is -5.45. The molecule has 9 rings (SSSR count). The van der Waals surface area contributed by atoms with E-state index < -0.39 is 11.5 Å². The van der Waals surface area contributed by atoms with Gasteiger partial charge in [-0.05, 0) is 97.4 Å². The Morgan fingerprint density at radius 1 is 0.889 bits per heavy atom. The summed E-state index contributed by atoms with van der Waals surface area (Å²) in [6.45, 7) is 19.7. The number of carbonyl (C=O) groups excluding carboxylic acids is 5. The van der Waals surface area contributed by atoms with Gasteiger partial charge in [0.1, 0.15) is 6.04 Å². The number of piperazine rings is 1. The number of imide groups is 1. The zero-order valence-corrected chi connectivity index (χ0v) is 37.5. The number of benzene rings is 3. The number of H-pyrrole nitrogens is 1. The first-order chi connectivity index (χ1) is 30.4. The lowest BCUT2D eigenvalue weighted by Crippen LogP contribution is -2.54. The molecule has 3 aromatic carbocycles. The first kappa shape index (κ1) is 42.8. The molecule has 0 saturated carbocycles. The standard InChI is InChI=1S/C50H57N7O5S/c1-5-31-27-38-39(50(2,3)47-45(46(38)60)37-13-11-33(51-4)28-40(37)52-47)29-42(31)55-19-17-34(18-20-55)54-21-23-56(24-22-54)44(59)10-8-6-7-9-25-63-35-12-14-36-32(26-35)30-57(49(36)62)41-15-16-43(58)53-48(41)61/h11-14,26-29,34,41,52H,5-10,15-25,30H2,1-3H3,(H,53,58,61). The number of aryl methyl sites for hydroxylation is 1. The van der Waals surface area contributed by atoms with Gasteiger partial charge in [-0.2, -0.15) is 0 Å². The number of piperidine rings is 2. The van der Waals surface area contributed by atoms with Crippen LogP contribution in [0.5, 0.6) is 0 Å². The van der Waals surface area contributed by atoms with Crippen LogP contribution < -0.4 is 10.2 Å². The predicted molar refractivity (Wildman–Crippen MR) is 246 cm³/mol. The van der Waals surface area contributed by atoms with E-state index in [2.05, 4.69) is 68.8 Å². The van der Waals surface area contributed by atoms with Gasteiger partial charge in [0.05, 0.1) is 12.1 Å². The predicted octanol–water partition coefficient (Wildman–Crippen LogP) is 7.77. The Balaban J connectivity index is 0.701. The second-order valence-electron chi connectivity index (χ2n) is 18.4. The number of fused-ring (bicyclic) bond motifs is 5. The van der Waals surface area contributed by atoms with Crippen LogP contribution in [0.25, 0.3) is 15.7 Å². The number of hydrogen-bond donors (Lipinski definition) is 2. The Bertz CT molecular complexity index is 2540. The number of ketones is 1. The molecule has 4 aliphatic heterocycles. The van der Waals surface area contributed by atoms with Crippen LogP contribution in [0.1, 0.15) is 127 Å². The minimum Gasteiger partial charge on any atom is -0.371 e. The minimum atomic E-state index is -0.599. The molecule has 1 aliphatic carbocycles. The van der Waals surface area contributed by atoms with Gasteiger partial charge in [-0.25, -0.2) is 4.85 Å². The number of aromatic amines is 1. The van der Waals surface area contributed by atoms with E-state index in [9.17, 15) is 24.0 Å². The average Bonchev–Trinajstić information content (AvgIpc) is 3.85. The zero-order valence-electron chi connectivity index (χ0n) is 36.7. The third kappa shape index (κ3) is 8.17. The van der Waals surface area contributed by atoms with Gasteiger partial charge in [-0.1, -0.05) is 45.7 Å². The van der Waals surface area contributed by atoms with Crippen LogP contribution in [0.4, 0.5) is 11.4 Å². The van der Waals surface area contributed by atoms with Crippen molar-refractivity contribution in [1.82, 2.24) is 25.0 Å². The Kier molecular flexibility index (Phi) is 12.0. The third-order valence-corrected chi connectivity index (χ3v) is 15.4. The fourth-order valence-corrected chi connectivity index (χ4v) is 11.6. The van der Waals surface area contributed by atoms with Crippen LogP contribution >= 0.6 is 11.8 Å². The van der Waals surface area contributed by atoms with E-state index in [1.54, 1.807) is 22.7 Å². The van der Waals surface area contributed by atoms with Crippen molar-refractivity contribution in [3.05, 3.63) is 99.0 Å². The van der Waals surface area contributed by atoms with Crippen molar-refractivity contribution in [3.8, 4) is 0 Å². The molecule has 0 bridgehead atoms. The summed E-state index contributed by atoms with van der Waals surface area (Å²) in [5.41, 5.74) is 8.50. The molecule has 5 heterocycles. The molecule has 4 aromatic rings. The van der Waals surface area contributed by atoms with Gasteiger partial charge in [0.25, 0.3) is 5.91 Å².